The lowest BCUT2D eigenvalue weighted by atomic mass is 9.90. The fourth-order valence-electron chi connectivity index (χ4n) is 3.48. The molecule has 1 atom stereocenters. The molecule has 0 aliphatic carbocycles. The Balaban J connectivity index is 1.79. The first kappa shape index (κ1) is 20.1. The first-order valence-electron chi connectivity index (χ1n) is 9.10. The molecular formula is C21H22N2O4S. The minimum Gasteiger partial charge on any atom is -0.469 e. The summed E-state index contributed by atoms with van der Waals surface area (Å²) in [6.07, 6.45) is 1.85. The summed E-state index contributed by atoms with van der Waals surface area (Å²) in [5, 5.41) is 8.89. The van der Waals surface area contributed by atoms with E-state index in [2.05, 4.69) is 0 Å². The fraction of sp³-hybridized carbons (Fsp3) is 0.333. The minimum atomic E-state index is -3.61. The first-order chi connectivity index (χ1) is 13.4. The van der Waals surface area contributed by atoms with Crippen LogP contribution in [0.25, 0.3) is 0 Å². The molecule has 2 aromatic carbocycles. The van der Waals surface area contributed by atoms with Gasteiger partial charge in [-0.15, -0.1) is 0 Å². The zero-order valence-electron chi connectivity index (χ0n) is 15.7. The van der Waals surface area contributed by atoms with E-state index in [1.165, 1.54) is 35.7 Å². The zero-order chi connectivity index (χ0) is 20.1. The van der Waals surface area contributed by atoms with Gasteiger partial charge < -0.3 is 4.74 Å². The van der Waals surface area contributed by atoms with Crippen LogP contribution in [0.4, 0.5) is 0 Å². The van der Waals surface area contributed by atoms with Crippen molar-refractivity contribution in [1.82, 2.24) is 4.31 Å². The van der Waals surface area contributed by atoms with Crippen LogP contribution in [0.3, 0.4) is 0 Å². The van der Waals surface area contributed by atoms with E-state index in [1.54, 1.807) is 0 Å². The number of rotatable bonds is 5. The number of esters is 1. The third-order valence-electron chi connectivity index (χ3n) is 5.00. The number of hydrogen-bond donors (Lipinski definition) is 0. The second kappa shape index (κ2) is 8.55. The van der Waals surface area contributed by atoms with Crippen molar-refractivity contribution in [3.05, 3.63) is 65.2 Å². The summed E-state index contributed by atoms with van der Waals surface area (Å²) in [7, 11) is -2.25. The number of nitrogens with zero attached hydrogens (tertiary/aromatic N) is 2. The second-order valence-electron chi connectivity index (χ2n) is 6.84. The van der Waals surface area contributed by atoms with E-state index in [0.717, 1.165) is 24.0 Å². The second-order valence-corrected chi connectivity index (χ2v) is 8.77. The van der Waals surface area contributed by atoms with Gasteiger partial charge in [-0.1, -0.05) is 24.3 Å². The highest BCUT2D eigenvalue weighted by atomic mass is 32.2. The number of methoxy groups -OCH3 is 1. The van der Waals surface area contributed by atoms with Crippen molar-refractivity contribution >= 4 is 16.0 Å². The van der Waals surface area contributed by atoms with Crippen molar-refractivity contribution in [2.24, 2.45) is 0 Å². The van der Waals surface area contributed by atoms with Crippen LogP contribution >= 0.6 is 0 Å². The maximum atomic E-state index is 13.0. The van der Waals surface area contributed by atoms with E-state index < -0.39 is 10.0 Å². The Bertz CT molecular complexity index is 994. The monoisotopic (exact) mass is 398 g/mol. The lowest BCUT2D eigenvalue weighted by Gasteiger charge is -2.32. The molecule has 0 spiro atoms. The molecule has 0 saturated carbocycles. The van der Waals surface area contributed by atoms with Crippen LogP contribution in [0.2, 0.25) is 0 Å². The van der Waals surface area contributed by atoms with Crippen LogP contribution < -0.4 is 0 Å². The molecule has 1 unspecified atom stereocenters. The van der Waals surface area contributed by atoms with Crippen molar-refractivity contribution in [3.8, 4) is 6.07 Å². The van der Waals surface area contributed by atoms with Crippen LogP contribution in [0.15, 0.2) is 53.4 Å². The van der Waals surface area contributed by atoms with E-state index in [4.69, 9.17) is 10.00 Å². The normalized spacial score (nSPS) is 17.6. The van der Waals surface area contributed by atoms with Crippen LogP contribution in [0, 0.1) is 11.3 Å². The van der Waals surface area contributed by atoms with Crippen LogP contribution in [0.1, 0.15) is 35.4 Å². The molecule has 0 amide bonds. The molecule has 1 saturated heterocycles. The molecule has 1 heterocycles. The van der Waals surface area contributed by atoms with Crippen LogP contribution in [-0.2, 0) is 26.0 Å². The Morgan fingerprint density at radius 2 is 2.00 bits per heavy atom. The number of carbonyl (C=O) groups is 1. The summed E-state index contributed by atoms with van der Waals surface area (Å²) in [6.45, 7) is 0.866. The van der Waals surface area contributed by atoms with Gasteiger partial charge in [0.05, 0.1) is 30.1 Å². The van der Waals surface area contributed by atoms with Crippen LogP contribution in [-0.4, -0.2) is 38.9 Å². The molecule has 1 aliphatic heterocycles. The van der Waals surface area contributed by atoms with Gasteiger partial charge in [-0.2, -0.15) is 9.57 Å². The molecular weight excluding hydrogens is 376 g/mol. The summed E-state index contributed by atoms with van der Waals surface area (Å²) < 4.78 is 32.2. The van der Waals surface area contributed by atoms with Crippen LogP contribution in [0.5, 0.6) is 0 Å². The van der Waals surface area contributed by atoms with E-state index in [9.17, 15) is 13.2 Å². The fourth-order valence-corrected chi connectivity index (χ4v) is 5.00. The van der Waals surface area contributed by atoms with E-state index in [1.807, 2.05) is 30.3 Å². The van der Waals surface area contributed by atoms with Gasteiger partial charge in [-0.3, -0.25) is 4.79 Å². The summed E-state index contributed by atoms with van der Waals surface area (Å²) in [4.78, 5) is 11.7. The molecule has 0 bridgehead atoms. The average Bonchev–Trinajstić information content (AvgIpc) is 2.74. The lowest BCUT2D eigenvalue weighted by molar-refractivity contribution is -0.139. The van der Waals surface area contributed by atoms with Gasteiger partial charge in [0, 0.05) is 13.1 Å². The Morgan fingerprint density at radius 1 is 1.25 bits per heavy atom. The predicted octanol–water partition coefficient (Wildman–Crippen LogP) is 2.84. The SMILES string of the molecule is COC(=O)Cc1cccc(C2CCCN(S(=O)(=O)c3ccc(C#N)cc3)C2)c1. The topological polar surface area (TPSA) is 87.5 Å². The number of sulfonamides is 1. The van der Waals surface area contributed by atoms with E-state index in [0.29, 0.717) is 18.7 Å². The number of hydrogen-bond acceptors (Lipinski definition) is 5. The predicted molar refractivity (Wildman–Crippen MR) is 104 cm³/mol. The average molecular weight is 398 g/mol. The molecule has 0 N–H and O–H groups in total. The van der Waals surface area contributed by atoms with Gasteiger partial charge in [-0.25, -0.2) is 8.42 Å². The molecule has 28 heavy (non-hydrogen) atoms. The van der Waals surface area contributed by atoms with Gasteiger partial charge in [0.25, 0.3) is 0 Å². The molecule has 3 rings (SSSR count). The largest absolute Gasteiger partial charge is 0.469 e. The molecule has 1 fully saturated rings. The maximum Gasteiger partial charge on any atom is 0.309 e. The maximum absolute atomic E-state index is 13.0. The summed E-state index contributed by atoms with van der Waals surface area (Å²) in [5.41, 5.74) is 2.32. The van der Waals surface area contributed by atoms with Crippen molar-refractivity contribution in [3.63, 3.8) is 0 Å². The molecule has 2 aromatic rings. The quantitative estimate of drug-likeness (QED) is 0.723. The molecule has 146 valence electrons. The Labute approximate surface area is 165 Å². The lowest BCUT2D eigenvalue weighted by Crippen LogP contribution is -2.39. The molecule has 1 aliphatic rings. The molecule has 6 nitrogen and oxygen atoms in total. The van der Waals surface area contributed by atoms with Gasteiger partial charge >= 0.3 is 5.97 Å². The highest BCUT2D eigenvalue weighted by molar-refractivity contribution is 7.89. The molecule has 0 aromatic heterocycles. The van der Waals surface area contributed by atoms with E-state index >= 15 is 0 Å². The third kappa shape index (κ3) is 4.41. The number of benzene rings is 2. The summed E-state index contributed by atoms with van der Waals surface area (Å²) in [6, 6.07) is 15.7. The summed E-state index contributed by atoms with van der Waals surface area (Å²) >= 11 is 0. The van der Waals surface area contributed by atoms with Gasteiger partial charge in [0.15, 0.2) is 0 Å². The Morgan fingerprint density at radius 3 is 2.68 bits per heavy atom. The number of nitriles is 1. The van der Waals surface area contributed by atoms with Gasteiger partial charge in [-0.05, 0) is 54.2 Å². The highest BCUT2D eigenvalue weighted by Crippen LogP contribution is 2.31. The Hall–Kier alpha value is -2.69. The standard InChI is InChI=1S/C21H22N2O4S/c1-27-21(24)13-17-4-2-5-18(12-17)19-6-3-11-23(15-19)28(25,26)20-9-7-16(14-22)8-10-20/h2,4-5,7-10,12,19H,3,6,11,13,15H2,1H3. The number of carbonyl (C=O) groups excluding carboxylic acids is 1. The molecule has 0 radical (unpaired) electrons. The van der Waals surface area contributed by atoms with Crippen molar-refractivity contribution in [1.29, 1.82) is 5.26 Å². The Kier molecular flexibility index (Phi) is 6.12. The molecule has 7 heteroatoms. The first-order valence-corrected chi connectivity index (χ1v) is 10.5. The van der Waals surface area contributed by atoms with Crippen molar-refractivity contribution in [2.75, 3.05) is 20.2 Å². The third-order valence-corrected chi connectivity index (χ3v) is 6.88. The number of piperidine rings is 1. The van der Waals surface area contributed by atoms with Crippen molar-refractivity contribution < 1.29 is 17.9 Å². The van der Waals surface area contributed by atoms with Gasteiger partial charge in [0.1, 0.15) is 0 Å². The zero-order valence-corrected chi connectivity index (χ0v) is 16.5. The number of ether oxygens (including phenoxy) is 1. The summed E-state index contributed by atoms with van der Waals surface area (Å²) in [5.74, 6) is -0.231. The minimum absolute atomic E-state index is 0.0690. The van der Waals surface area contributed by atoms with Gasteiger partial charge in [0.2, 0.25) is 10.0 Å². The smallest absolute Gasteiger partial charge is 0.309 e. The van der Waals surface area contributed by atoms with E-state index in [-0.39, 0.29) is 23.2 Å². The highest BCUT2D eigenvalue weighted by Gasteiger charge is 2.31. The van der Waals surface area contributed by atoms with Crippen molar-refractivity contribution in [2.45, 2.75) is 30.1 Å².